The van der Waals surface area contributed by atoms with Crippen LogP contribution in [0, 0.1) is 5.92 Å². The quantitative estimate of drug-likeness (QED) is 0.611. The van der Waals surface area contributed by atoms with Gasteiger partial charge in [-0.25, -0.2) is 13.4 Å². The Bertz CT molecular complexity index is 921. The summed E-state index contributed by atoms with van der Waals surface area (Å²) in [6.07, 6.45) is 8.03. The van der Waals surface area contributed by atoms with Crippen LogP contribution in [0.4, 0.5) is 11.5 Å². The normalized spacial score (nSPS) is 15.8. The van der Waals surface area contributed by atoms with Crippen LogP contribution < -0.4 is 10.0 Å². The monoisotopic (exact) mass is 417 g/mol. The Hall–Kier alpha value is -2.45. The molecule has 29 heavy (non-hydrogen) atoms. The van der Waals surface area contributed by atoms with Crippen molar-refractivity contribution in [3.63, 3.8) is 0 Å². The third-order valence-electron chi connectivity index (χ3n) is 5.24. The molecule has 1 fully saturated rings. The maximum absolute atomic E-state index is 13.1. The van der Waals surface area contributed by atoms with Gasteiger partial charge in [0.25, 0.3) is 0 Å². The number of benzene rings is 1. The molecule has 1 aliphatic rings. The van der Waals surface area contributed by atoms with E-state index in [0.717, 1.165) is 31.1 Å². The van der Waals surface area contributed by atoms with E-state index in [-0.39, 0.29) is 18.4 Å². The van der Waals surface area contributed by atoms with Crippen molar-refractivity contribution in [2.75, 3.05) is 16.3 Å². The second kappa shape index (κ2) is 9.37. The average molecular weight is 418 g/mol. The highest BCUT2D eigenvalue weighted by molar-refractivity contribution is 7.92. The number of hydrogen-bond donors (Lipinski definition) is 3. The van der Waals surface area contributed by atoms with Crippen molar-refractivity contribution in [3.8, 4) is 0 Å². The smallest absolute Gasteiger partial charge is 0.233 e. The van der Waals surface area contributed by atoms with E-state index >= 15 is 0 Å². The van der Waals surface area contributed by atoms with E-state index in [9.17, 15) is 13.2 Å². The van der Waals surface area contributed by atoms with Gasteiger partial charge in [0, 0.05) is 11.9 Å². The molecule has 1 aromatic heterocycles. The number of amides is 1. The van der Waals surface area contributed by atoms with Gasteiger partial charge in [0.15, 0.2) is 0 Å². The zero-order chi connectivity index (χ0) is 20.9. The van der Waals surface area contributed by atoms with Crippen LogP contribution in [0.2, 0.25) is 0 Å². The Balaban J connectivity index is 1.78. The van der Waals surface area contributed by atoms with Crippen molar-refractivity contribution < 1.29 is 18.3 Å². The first kappa shape index (κ1) is 21.3. The minimum Gasteiger partial charge on any atom is -0.392 e. The summed E-state index contributed by atoms with van der Waals surface area (Å²) >= 11 is 0. The number of rotatable bonds is 8. The lowest BCUT2D eigenvalue weighted by molar-refractivity contribution is -0.118. The van der Waals surface area contributed by atoms with E-state index in [2.05, 4.69) is 15.0 Å². The maximum Gasteiger partial charge on any atom is 0.233 e. The van der Waals surface area contributed by atoms with Crippen molar-refractivity contribution in [1.29, 1.82) is 0 Å². The first-order valence-corrected chi connectivity index (χ1v) is 11.7. The lowest BCUT2D eigenvalue weighted by Gasteiger charge is -2.21. The molecule has 1 saturated carbocycles. The molecule has 1 atom stereocenters. The summed E-state index contributed by atoms with van der Waals surface area (Å²) in [7, 11) is -3.35. The van der Waals surface area contributed by atoms with Gasteiger partial charge in [-0.1, -0.05) is 43.9 Å². The van der Waals surface area contributed by atoms with Crippen molar-refractivity contribution in [2.45, 2.75) is 44.6 Å². The molecule has 2 aromatic rings. The van der Waals surface area contributed by atoms with Gasteiger partial charge in [-0.2, -0.15) is 0 Å². The molecule has 1 heterocycles. The van der Waals surface area contributed by atoms with Gasteiger partial charge >= 0.3 is 0 Å². The standard InChI is InChI=1S/C21H27N3O4S/c1-29(27,28)24-18-9-7-17(8-10-18)19(12-15-4-2-3-5-15)21(26)23-20-11-6-16(14-25)13-22-20/h6-11,13,15,19,24-25H,2-5,12,14H2,1H3,(H,22,23,26). The number of anilines is 2. The first-order valence-electron chi connectivity index (χ1n) is 9.78. The van der Waals surface area contributed by atoms with Gasteiger partial charge in [0.1, 0.15) is 5.82 Å². The van der Waals surface area contributed by atoms with Crippen LogP contribution >= 0.6 is 0 Å². The number of aliphatic hydroxyl groups is 1. The van der Waals surface area contributed by atoms with Gasteiger partial charge < -0.3 is 10.4 Å². The molecule has 1 unspecified atom stereocenters. The third kappa shape index (κ3) is 6.27. The Morgan fingerprint density at radius 1 is 1.17 bits per heavy atom. The number of nitrogens with one attached hydrogen (secondary N) is 2. The number of nitrogens with zero attached hydrogens (tertiary/aromatic N) is 1. The second-order valence-electron chi connectivity index (χ2n) is 7.63. The predicted octanol–water partition coefficient (Wildman–Crippen LogP) is 3.25. The molecule has 3 rings (SSSR count). The van der Waals surface area contributed by atoms with Crippen LogP contribution in [0.1, 0.15) is 49.1 Å². The maximum atomic E-state index is 13.1. The van der Waals surface area contributed by atoms with Gasteiger partial charge in [-0.15, -0.1) is 0 Å². The fraction of sp³-hybridized carbons (Fsp3) is 0.429. The van der Waals surface area contributed by atoms with Crippen molar-refractivity contribution in [3.05, 3.63) is 53.7 Å². The van der Waals surface area contributed by atoms with E-state index in [4.69, 9.17) is 5.11 Å². The second-order valence-corrected chi connectivity index (χ2v) is 9.38. The predicted molar refractivity (Wildman–Crippen MR) is 113 cm³/mol. The van der Waals surface area contributed by atoms with Gasteiger partial charge in [0.2, 0.25) is 15.9 Å². The molecule has 156 valence electrons. The fourth-order valence-electron chi connectivity index (χ4n) is 3.78. The number of carbonyl (C=O) groups is 1. The molecule has 1 aromatic carbocycles. The lowest BCUT2D eigenvalue weighted by atomic mass is 9.87. The molecular weight excluding hydrogens is 390 g/mol. The SMILES string of the molecule is CS(=O)(=O)Nc1ccc(C(CC2CCCC2)C(=O)Nc2ccc(CO)cn2)cc1. The van der Waals surface area contributed by atoms with Gasteiger partial charge in [0.05, 0.1) is 18.8 Å². The van der Waals surface area contributed by atoms with E-state index in [1.165, 1.54) is 19.0 Å². The molecule has 3 N–H and O–H groups in total. The Morgan fingerprint density at radius 2 is 1.86 bits per heavy atom. The van der Waals surface area contributed by atoms with E-state index in [0.29, 0.717) is 23.0 Å². The summed E-state index contributed by atoms with van der Waals surface area (Å²) in [5, 5.41) is 12.0. The first-order chi connectivity index (χ1) is 13.8. The molecule has 0 saturated heterocycles. The number of hydrogen-bond acceptors (Lipinski definition) is 5. The van der Waals surface area contributed by atoms with Crippen LogP contribution in [0.5, 0.6) is 0 Å². The Morgan fingerprint density at radius 3 is 2.41 bits per heavy atom. The average Bonchev–Trinajstić information content (AvgIpc) is 3.19. The fourth-order valence-corrected chi connectivity index (χ4v) is 4.34. The van der Waals surface area contributed by atoms with Crippen molar-refractivity contribution >= 4 is 27.4 Å². The highest BCUT2D eigenvalue weighted by atomic mass is 32.2. The molecule has 0 spiro atoms. The number of aromatic nitrogens is 1. The largest absolute Gasteiger partial charge is 0.392 e. The molecular formula is C21H27N3O4S. The van der Waals surface area contributed by atoms with Crippen LogP contribution in [-0.4, -0.2) is 30.7 Å². The molecule has 8 heteroatoms. The highest BCUT2D eigenvalue weighted by Crippen LogP contribution is 2.35. The summed E-state index contributed by atoms with van der Waals surface area (Å²) in [4.78, 5) is 17.2. The third-order valence-corrected chi connectivity index (χ3v) is 5.84. The van der Waals surface area contributed by atoms with E-state index < -0.39 is 10.0 Å². The number of aliphatic hydroxyl groups excluding tert-OH is 1. The lowest BCUT2D eigenvalue weighted by Crippen LogP contribution is -2.23. The van der Waals surface area contributed by atoms with Crippen molar-refractivity contribution in [2.24, 2.45) is 5.92 Å². The zero-order valence-electron chi connectivity index (χ0n) is 16.5. The van der Waals surface area contributed by atoms with Crippen molar-refractivity contribution in [1.82, 2.24) is 4.98 Å². The van der Waals surface area contributed by atoms with E-state index in [1.807, 2.05) is 0 Å². The molecule has 0 radical (unpaired) electrons. The van der Waals surface area contributed by atoms with Crippen LogP contribution in [0.25, 0.3) is 0 Å². The summed E-state index contributed by atoms with van der Waals surface area (Å²) in [5.74, 6) is 0.470. The summed E-state index contributed by atoms with van der Waals surface area (Å²) in [6, 6.07) is 10.4. The highest BCUT2D eigenvalue weighted by Gasteiger charge is 2.27. The Labute approximate surface area is 171 Å². The minimum absolute atomic E-state index is 0.0978. The summed E-state index contributed by atoms with van der Waals surface area (Å²) < 4.78 is 25.3. The zero-order valence-corrected chi connectivity index (χ0v) is 17.3. The van der Waals surface area contributed by atoms with Gasteiger partial charge in [-0.3, -0.25) is 9.52 Å². The topological polar surface area (TPSA) is 108 Å². The summed E-state index contributed by atoms with van der Waals surface area (Å²) in [6.45, 7) is -0.0978. The number of pyridine rings is 1. The number of sulfonamides is 1. The molecule has 1 amide bonds. The molecule has 7 nitrogen and oxygen atoms in total. The molecule has 1 aliphatic carbocycles. The van der Waals surface area contributed by atoms with Crippen LogP contribution in [0.15, 0.2) is 42.6 Å². The Kier molecular flexibility index (Phi) is 6.87. The summed E-state index contributed by atoms with van der Waals surface area (Å²) in [5.41, 5.74) is 2.00. The van der Waals surface area contributed by atoms with Gasteiger partial charge in [-0.05, 0) is 41.7 Å². The van der Waals surface area contributed by atoms with Crippen LogP contribution in [-0.2, 0) is 21.4 Å². The minimum atomic E-state index is -3.35. The number of carbonyl (C=O) groups excluding carboxylic acids is 1. The van der Waals surface area contributed by atoms with Crippen LogP contribution in [0.3, 0.4) is 0 Å². The molecule has 0 bridgehead atoms. The van der Waals surface area contributed by atoms with E-state index in [1.54, 1.807) is 36.4 Å². The molecule has 0 aliphatic heterocycles.